The quantitative estimate of drug-likeness (QED) is 0.863. The molecule has 0 radical (unpaired) electrons. The molecule has 0 aromatic heterocycles. The van der Waals surface area contributed by atoms with Gasteiger partial charge in [0, 0.05) is 0 Å². The summed E-state index contributed by atoms with van der Waals surface area (Å²) in [5.74, 6) is 0.422. The molecule has 102 valence electrons. The highest BCUT2D eigenvalue weighted by Crippen LogP contribution is 2.25. The Bertz CT molecular complexity index is 463. The van der Waals surface area contributed by atoms with Gasteiger partial charge in [-0.3, -0.25) is 0 Å². The predicted octanol–water partition coefficient (Wildman–Crippen LogP) is 2.71. The predicted molar refractivity (Wildman–Crippen MR) is 75.5 cm³/mol. The van der Waals surface area contributed by atoms with Gasteiger partial charge in [-0.1, -0.05) is 19.1 Å². The van der Waals surface area contributed by atoms with Gasteiger partial charge in [0.05, 0.1) is 10.1 Å². The van der Waals surface area contributed by atoms with Crippen LogP contribution in [0.5, 0.6) is 0 Å². The van der Waals surface area contributed by atoms with Crippen molar-refractivity contribution in [1.29, 1.82) is 0 Å². The van der Waals surface area contributed by atoms with E-state index in [-0.39, 0.29) is 5.25 Å². The van der Waals surface area contributed by atoms with Crippen molar-refractivity contribution in [2.45, 2.75) is 49.7 Å². The Kier molecular flexibility index (Phi) is 5.35. The second-order valence-electron chi connectivity index (χ2n) is 4.85. The lowest BCUT2D eigenvalue weighted by Gasteiger charge is -2.15. The van der Waals surface area contributed by atoms with Gasteiger partial charge >= 0.3 is 0 Å². The standard InChI is InChI=1S/C14H23NO2S/c1-4-12(9-10-15)13-5-7-14(8-6-13)18(16,17)11(2)3/h5-8,11-12H,4,9-10,15H2,1-3H3. The minimum Gasteiger partial charge on any atom is -0.330 e. The summed E-state index contributed by atoms with van der Waals surface area (Å²) in [6.45, 7) is 6.18. The summed E-state index contributed by atoms with van der Waals surface area (Å²) in [5.41, 5.74) is 6.76. The van der Waals surface area contributed by atoms with Crippen molar-refractivity contribution in [3.63, 3.8) is 0 Å². The third kappa shape index (κ3) is 3.33. The molecular formula is C14H23NO2S. The van der Waals surface area contributed by atoms with E-state index in [1.165, 1.54) is 5.56 Å². The van der Waals surface area contributed by atoms with E-state index in [9.17, 15) is 8.42 Å². The summed E-state index contributed by atoms with van der Waals surface area (Å²) in [7, 11) is -3.16. The Morgan fingerprint density at radius 2 is 1.72 bits per heavy atom. The molecule has 0 fully saturated rings. The summed E-state index contributed by atoms with van der Waals surface area (Å²) < 4.78 is 24.0. The van der Waals surface area contributed by atoms with Crippen LogP contribution >= 0.6 is 0 Å². The Labute approximate surface area is 110 Å². The summed E-state index contributed by atoms with van der Waals surface area (Å²) >= 11 is 0. The largest absolute Gasteiger partial charge is 0.330 e. The summed E-state index contributed by atoms with van der Waals surface area (Å²) in [6, 6.07) is 7.26. The molecule has 18 heavy (non-hydrogen) atoms. The molecule has 0 saturated carbocycles. The van der Waals surface area contributed by atoms with Crippen molar-refractivity contribution in [3.05, 3.63) is 29.8 Å². The molecule has 1 aromatic rings. The molecule has 0 saturated heterocycles. The van der Waals surface area contributed by atoms with Crippen LogP contribution in [0.4, 0.5) is 0 Å². The van der Waals surface area contributed by atoms with Crippen LogP contribution in [-0.2, 0) is 9.84 Å². The molecule has 0 aliphatic rings. The van der Waals surface area contributed by atoms with Crippen LogP contribution in [0.1, 0.15) is 45.1 Å². The summed E-state index contributed by atoms with van der Waals surface area (Å²) in [6.07, 6.45) is 1.96. The van der Waals surface area contributed by atoms with Crippen molar-refractivity contribution < 1.29 is 8.42 Å². The highest BCUT2D eigenvalue weighted by molar-refractivity contribution is 7.92. The summed E-state index contributed by atoms with van der Waals surface area (Å²) in [5, 5.41) is -0.380. The van der Waals surface area contributed by atoms with Gasteiger partial charge in [0.25, 0.3) is 0 Å². The fourth-order valence-corrected chi connectivity index (χ4v) is 3.07. The molecule has 4 heteroatoms. The zero-order chi connectivity index (χ0) is 13.8. The molecule has 1 rings (SSSR count). The highest BCUT2D eigenvalue weighted by atomic mass is 32.2. The lowest BCUT2D eigenvalue weighted by Crippen LogP contribution is -2.14. The van der Waals surface area contributed by atoms with E-state index in [1.54, 1.807) is 26.0 Å². The van der Waals surface area contributed by atoms with E-state index in [0.29, 0.717) is 17.4 Å². The first-order valence-electron chi connectivity index (χ1n) is 6.47. The van der Waals surface area contributed by atoms with Crippen molar-refractivity contribution in [3.8, 4) is 0 Å². The van der Waals surface area contributed by atoms with Crippen molar-refractivity contribution in [2.75, 3.05) is 6.54 Å². The molecular weight excluding hydrogens is 246 g/mol. The van der Waals surface area contributed by atoms with Gasteiger partial charge in [-0.2, -0.15) is 0 Å². The van der Waals surface area contributed by atoms with Gasteiger partial charge in [-0.15, -0.1) is 0 Å². The monoisotopic (exact) mass is 269 g/mol. The van der Waals surface area contributed by atoms with E-state index in [1.807, 2.05) is 12.1 Å². The maximum absolute atomic E-state index is 12.0. The normalized spacial score (nSPS) is 13.8. The molecule has 0 amide bonds. The average molecular weight is 269 g/mol. The topological polar surface area (TPSA) is 60.2 Å². The first kappa shape index (κ1) is 15.2. The number of hydrogen-bond acceptors (Lipinski definition) is 3. The van der Waals surface area contributed by atoms with Crippen molar-refractivity contribution in [2.24, 2.45) is 5.73 Å². The van der Waals surface area contributed by atoms with Gasteiger partial charge in [0.15, 0.2) is 9.84 Å². The number of hydrogen-bond donors (Lipinski definition) is 1. The van der Waals surface area contributed by atoms with Gasteiger partial charge in [-0.05, 0) is 56.8 Å². The van der Waals surface area contributed by atoms with Crippen LogP contribution in [0.2, 0.25) is 0 Å². The van der Waals surface area contributed by atoms with Crippen LogP contribution in [-0.4, -0.2) is 20.2 Å². The number of nitrogens with two attached hydrogens (primary N) is 1. The van der Waals surface area contributed by atoms with Gasteiger partial charge in [0.2, 0.25) is 0 Å². The SMILES string of the molecule is CCC(CCN)c1ccc(S(=O)(=O)C(C)C)cc1. The molecule has 0 aliphatic heterocycles. The molecule has 1 atom stereocenters. The molecule has 1 aromatic carbocycles. The maximum Gasteiger partial charge on any atom is 0.180 e. The third-order valence-electron chi connectivity index (χ3n) is 3.31. The Hall–Kier alpha value is -0.870. The molecule has 0 spiro atoms. The average Bonchev–Trinajstić information content (AvgIpc) is 2.36. The fourth-order valence-electron chi connectivity index (χ4n) is 2.01. The van der Waals surface area contributed by atoms with Gasteiger partial charge in [0.1, 0.15) is 0 Å². The minimum atomic E-state index is -3.16. The van der Waals surface area contributed by atoms with Crippen LogP contribution in [0, 0.1) is 0 Å². The second-order valence-corrected chi connectivity index (χ2v) is 7.35. The van der Waals surface area contributed by atoms with Crippen molar-refractivity contribution in [1.82, 2.24) is 0 Å². The molecule has 0 heterocycles. The summed E-state index contributed by atoms with van der Waals surface area (Å²) in [4.78, 5) is 0.406. The number of rotatable bonds is 6. The molecule has 3 nitrogen and oxygen atoms in total. The Balaban J connectivity index is 2.99. The van der Waals surface area contributed by atoms with E-state index >= 15 is 0 Å². The maximum atomic E-state index is 12.0. The van der Waals surface area contributed by atoms with Crippen LogP contribution < -0.4 is 5.73 Å². The zero-order valence-corrected chi connectivity index (χ0v) is 12.2. The van der Waals surface area contributed by atoms with Crippen LogP contribution in [0.15, 0.2) is 29.2 Å². The number of sulfone groups is 1. The van der Waals surface area contributed by atoms with E-state index in [2.05, 4.69) is 6.92 Å². The lowest BCUT2D eigenvalue weighted by molar-refractivity contribution is 0.586. The second kappa shape index (κ2) is 6.34. The third-order valence-corrected chi connectivity index (χ3v) is 5.48. The zero-order valence-electron chi connectivity index (χ0n) is 11.4. The van der Waals surface area contributed by atoms with E-state index < -0.39 is 9.84 Å². The van der Waals surface area contributed by atoms with E-state index in [0.717, 1.165) is 12.8 Å². The van der Waals surface area contributed by atoms with Crippen molar-refractivity contribution >= 4 is 9.84 Å². The Morgan fingerprint density at radius 1 is 1.17 bits per heavy atom. The van der Waals surface area contributed by atoms with Gasteiger partial charge in [-0.25, -0.2) is 8.42 Å². The first-order valence-corrected chi connectivity index (χ1v) is 8.02. The molecule has 0 aliphatic carbocycles. The first-order chi connectivity index (χ1) is 8.43. The fraction of sp³-hybridized carbons (Fsp3) is 0.571. The minimum absolute atomic E-state index is 0.380. The smallest absolute Gasteiger partial charge is 0.180 e. The number of benzene rings is 1. The van der Waals surface area contributed by atoms with Gasteiger partial charge < -0.3 is 5.73 Å². The van der Waals surface area contributed by atoms with Crippen LogP contribution in [0.25, 0.3) is 0 Å². The lowest BCUT2D eigenvalue weighted by atomic mass is 9.93. The van der Waals surface area contributed by atoms with E-state index in [4.69, 9.17) is 5.73 Å². The molecule has 1 unspecified atom stereocenters. The van der Waals surface area contributed by atoms with Crippen LogP contribution in [0.3, 0.4) is 0 Å². The Morgan fingerprint density at radius 3 is 2.11 bits per heavy atom. The molecule has 0 bridgehead atoms. The molecule has 2 N–H and O–H groups in total. The highest BCUT2D eigenvalue weighted by Gasteiger charge is 2.19.